The molecule has 3 aromatic carbocycles. The first-order valence-electron chi connectivity index (χ1n) is 14.7. The summed E-state index contributed by atoms with van der Waals surface area (Å²) in [5.41, 5.74) is 1.53. The maximum absolute atomic E-state index is 14.4. The average molecular weight is 684 g/mol. The lowest BCUT2D eigenvalue weighted by Gasteiger charge is -2.50. The molecule has 2 aliphatic carbocycles. The van der Waals surface area contributed by atoms with Gasteiger partial charge in [-0.25, -0.2) is 9.29 Å². The number of rotatable bonds is 5. The van der Waals surface area contributed by atoms with Crippen molar-refractivity contribution in [2.45, 2.75) is 34.9 Å². The predicted octanol–water partition coefficient (Wildman–Crippen LogP) is 5.70. The van der Waals surface area contributed by atoms with Gasteiger partial charge in [0.05, 0.1) is 17.5 Å². The van der Waals surface area contributed by atoms with E-state index in [-0.39, 0.29) is 53.1 Å². The van der Waals surface area contributed by atoms with Crippen LogP contribution in [-0.4, -0.2) is 55.0 Å². The normalized spacial score (nSPS) is 30.3. The van der Waals surface area contributed by atoms with Crippen molar-refractivity contribution in [3.63, 3.8) is 0 Å². The zero-order chi connectivity index (χ0) is 32.7. The van der Waals surface area contributed by atoms with E-state index in [1.54, 1.807) is 18.2 Å². The number of anilines is 1. The molecule has 6 atom stereocenters. The van der Waals surface area contributed by atoms with Crippen LogP contribution in [0.2, 0.25) is 5.02 Å². The Labute approximate surface area is 278 Å². The molecule has 236 valence electrons. The molecule has 0 aromatic heterocycles. The molecule has 46 heavy (non-hydrogen) atoms. The quantitative estimate of drug-likeness (QED) is 0.203. The van der Waals surface area contributed by atoms with Gasteiger partial charge in [0.1, 0.15) is 17.3 Å². The van der Waals surface area contributed by atoms with Crippen LogP contribution in [0.4, 0.5) is 10.1 Å². The number of aromatic hydroxyl groups is 2. The molecule has 7 rings (SSSR count). The van der Waals surface area contributed by atoms with Crippen LogP contribution in [0.1, 0.15) is 29.9 Å². The lowest BCUT2D eigenvalue weighted by molar-refractivity contribution is -0.140. The molecule has 8 nitrogen and oxygen atoms in total. The van der Waals surface area contributed by atoms with Gasteiger partial charge >= 0.3 is 0 Å². The van der Waals surface area contributed by atoms with Crippen molar-refractivity contribution in [1.29, 1.82) is 0 Å². The minimum atomic E-state index is -2.18. The van der Waals surface area contributed by atoms with Crippen molar-refractivity contribution < 1.29 is 33.8 Å². The van der Waals surface area contributed by atoms with Crippen LogP contribution >= 0.6 is 34.8 Å². The van der Waals surface area contributed by atoms with Crippen molar-refractivity contribution in [3.8, 4) is 11.5 Å². The molecule has 4 amide bonds. The fourth-order valence-electron chi connectivity index (χ4n) is 7.69. The third-order valence-corrected chi connectivity index (χ3v) is 11.5. The van der Waals surface area contributed by atoms with E-state index < -0.39 is 57.0 Å². The highest BCUT2D eigenvalue weighted by molar-refractivity contribution is 6.58. The zero-order valence-corrected chi connectivity index (χ0v) is 26.3. The standard InChI is InChI=1S/C34H26Cl3FN2O6/c35-18-3-12-26(42)24(15-18)28-22-10-11-23-27(30(44)39(29(23)43)14-13-17-1-8-21(41)9-2-17)25(22)16-33(36)31(45)40(32(46)34(28,33)37)20-6-4-19(38)5-7-20/h1-10,12,15,23,25,27-28,41-42H,11,13-14,16H2/t23-,25+,27-,28+,33+,34-/m0/s1. The molecule has 3 fully saturated rings. The fraction of sp³-hybridized carbons (Fsp3) is 0.294. The van der Waals surface area contributed by atoms with Crippen molar-refractivity contribution in [1.82, 2.24) is 4.90 Å². The fourth-order valence-corrected chi connectivity index (χ4v) is 8.80. The highest BCUT2D eigenvalue weighted by Crippen LogP contribution is 2.66. The molecule has 0 spiro atoms. The van der Waals surface area contributed by atoms with E-state index in [9.17, 15) is 33.8 Å². The van der Waals surface area contributed by atoms with E-state index in [1.165, 1.54) is 47.4 Å². The van der Waals surface area contributed by atoms with Gasteiger partial charge in [0, 0.05) is 23.0 Å². The molecule has 0 unspecified atom stereocenters. The summed E-state index contributed by atoms with van der Waals surface area (Å²) in [5, 5.41) is 20.9. The average Bonchev–Trinajstić information content (AvgIpc) is 3.36. The number of hydrogen-bond donors (Lipinski definition) is 2. The SMILES string of the molecule is O=C1[C@H]2[C@H](CC=C3[C@H]2C[C@@]2(Cl)C(=O)N(c4ccc(F)cc4)C(=O)[C@@]2(Cl)[C@H]3c2cc(Cl)ccc2O)C(=O)N1CCc1ccc(O)cc1. The van der Waals surface area contributed by atoms with Crippen LogP contribution in [0.3, 0.4) is 0 Å². The summed E-state index contributed by atoms with van der Waals surface area (Å²) >= 11 is 21.0. The van der Waals surface area contributed by atoms with Gasteiger partial charge < -0.3 is 10.2 Å². The lowest BCUT2D eigenvalue weighted by atomic mass is 9.56. The number of benzene rings is 3. The van der Waals surface area contributed by atoms with Crippen molar-refractivity contribution in [2.24, 2.45) is 17.8 Å². The molecule has 0 bridgehead atoms. The van der Waals surface area contributed by atoms with E-state index in [0.29, 0.717) is 12.0 Å². The van der Waals surface area contributed by atoms with Crippen LogP contribution in [0.25, 0.3) is 0 Å². The monoisotopic (exact) mass is 682 g/mol. The van der Waals surface area contributed by atoms with Crippen molar-refractivity contribution in [3.05, 3.63) is 100 Å². The Balaban J connectivity index is 1.33. The molecular formula is C34H26Cl3FN2O6. The smallest absolute Gasteiger partial charge is 0.258 e. The van der Waals surface area contributed by atoms with Crippen molar-refractivity contribution in [2.75, 3.05) is 11.4 Å². The number of amides is 4. The molecule has 2 heterocycles. The molecule has 2 saturated heterocycles. The number of hydrogen-bond acceptors (Lipinski definition) is 6. The summed E-state index contributed by atoms with van der Waals surface area (Å²) in [6.07, 6.45) is 2.06. The Hall–Kier alpha value is -3.92. The molecule has 0 radical (unpaired) electrons. The first kappa shape index (κ1) is 30.7. The summed E-state index contributed by atoms with van der Waals surface area (Å²) in [6.45, 7) is 0.108. The first-order chi connectivity index (χ1) is 21.9. The largest absolute Gasteiger partial charge is 0.508 e. The molecule has 4 aliphatic rings. The van der Waals surface area contributed by atoms with E-state index in [0.717, 1.165) is 22.6 Å². The van der Waals surface area contributed by atoms with Gasteiger partial charge in [0.25, 0.3) is 11.8 Å². The topological polar surface area (TPSA) is 115 Å². The molecule has 12 heteroatoms. The number of phenolic OH excluding ortho intramolecular Hbond substituents is 2. The summed E-state index contributed by atoms with van der Waals surface area (Å²) in [7, 11) is 0. The minimum absolute atomic E-state index is 0.0577. The predicted molar refractivity (Wildman–Crippen MR) is 168 cm³/mol. The Morgan fingerprint density at radius 3 is 2.26 bits per heavy atom. The third kappa shape index (κ3) is 4.32. The summed E-state index contributed by atoms with van der Waals surface area (Å²) in [5.74, 6) is -6.83. The van der Waals surface area contributed by atoms with Crippen LogP contribution in [0.15, 0.2) is 78.4 Å². The number of likely N-dealkylation sites (tertiary alicyclic amines) is 1. The summed E-state index contributed by atoms with van der Waals surface area (Å²) < 4.78 is 13.8. The molecule has 3 aromatic rings. The van der Waals surface area contributed by atoms with Gasteiger partial charge in [-0.05, 0) is 85.3 Å². The highest BCUT2D eigenvalue weighted by Gasteiger charge is 2.76. The Morgan fingerprint density at radius 1 is 0.870 bits per heavy atom. The zero-order valence-electron chi connectivity index (χ0n) is 24.0. The Kier molecular flexibility index (Phi) is 7.23. The third-order valence-electron chi connectivity index (χ3n) is 9.85. The van der Waals surface area contributed by atoms with Crippen LogP contribution in [-0.2, 0) is 25.6 Å². The Bertz CT molecular complexity index is 1850. The van der Waals surface area contributed by atoms with E-state index in [2.05, 4.69) is 0 Å². The number of carbonyl (C=O) groups excluding carboxylic acids is 4. The van der Waals surface area contributed by atoms with E-state index >= 15 is 0 Å². The molecule has 2 aliphatic heterocycles. The second kappa shape index (κ2) is 10.8. The number of halogens is 4. The van der Waals surface area contributed by atoms with Gasteiger partial charge in [-0.3, -0.25) is 24.1 Å². The van der Waals surface area contributed by atoms with Crippen LogP contribution in [0.5, 0.6) is 11.5 Å². The molecule has 2 N–H and O–H groups in total. The van der Waals surface area contributed by atoms with Crippen LogP contribution in [0, 0.1) is 23.6 Å². The summed E-state index contributed by atoms with van der Waals surface area (Å²) in [6, 6.07) is 15.5. The number of imide groups is 2. The van der Waals surface area contributed by atoms with Crippen molar-refractivity contribution >= 4 is 64.1 Å². The van der Waals surface area contributed by atoms with Gasteiger partial charge in [0.15, 0.2) is 9.75 Å². The Morgan fingerprint density at radius 2 is 1.57 bits per heavy atom. The van der Waals surface area contributed by atoms with Gasteiger partial charge in [-0.2, -0.15) is 0 Å². The first-order valence-corrected chi connectivity index (χ1v) is 15.8. The lowest BCUT2D eigenvalue weighted by Crippen LogP contribution is -2.60. The number of phenols is 2. The maximum atomic E-state index is 14.4. The number of alkyl halides is 2. The number of fused-ring (bicyclic) bond motifs is 4. The number of nitrogens with zero attached hydrogens (tertiary/aromatic N) is 2. The maximum Gasteiger partial charge on any atom is 0.258 e. The van der Waals surface area contributed by atoms with Gasteiger partial charge in [-0.1, -0.05) is 35.4 Å². The van der Waals surface area contributed by atoms with Gasteiger partial charge in [-0.15, -0.1) is 23.2 Å². The number of allylic oxidation sites excluding steroid dienone is 2. The summed E-state index contributed by atoms with van der Waals surface area (Å²) in [4.78, 5) is 54.1. The van der Waals surface area contributed by atoms with E-state index in [1.807, 2.05) is 0 Å². The van der Waals surface area contributed by atoms with Gasteiger partial charge in [0.2, 0.25) is 11.8 Å². The number of carbonyl (C=O) groups is 4. The highest BCUT2D eigenvalue weighted by atomic mass is 35.5. The van der Waals surface area contributed by atoms with E-state index in [4.69, 9.17) is 34.8 Å². The second-order valence-electron chi connectivity index (χ2n) is 12.2. The molecular weight excluding hydrogens is 658 g/mol. The molecule has 1 saturated carbocycles. The second-order valence-corrected chi connectivity index (χ2v) is 13.9. The minimum Gasteiger partial charge on any atom is -0.508 e. The van der Waals surface area contributed by atoms with Crippen LogP contribution < -0.4 is 4.90 Å².